The number of benzene rings is 1. The van der Waals surface area contributed by atoms with Gasteiger partial charge in [0, 0.05) is 26.3 Å². The standard InChI is InChI=1S/C13H22N4O/c1-4-7-17(9-13(18)16(2)3)10-5-6-11(14)12(15)8-10/h5-6,8H,4,7,9,14-15H2,1-3H3. The first-order valence-corrected chi connectivity index (χ1v) is 6.05. The highest BCUT2D eigenvalue weighted by Gasteiger charge is 2.13. The number of likely N-dealkylation sites (N-methyl/N-ethyl adjacent to an activating group) is 1. The Labute approximate surface area is 108 Å². The molecule has 100 valence electrons. The smallest absolute Gasteiger partial charge is 0.241 e. The molecule has 0 aromatic heterocycles. The van der Waals surface area contributed by atoms with Crippen molar-refractivity contribution in [2.75, 3.05) is 43.6 Å². The number of rotatable bonds is 5. The highest BCUT2D eigenvalue weighted by Crippen LogP contribution is 2.23. The van der Waals surface area contributed by atoms with Gasteiger partial charge in [-0.05, 0) is 24.6 Å². The maximum Gasteiger partial charge on any atom is 0.241 e. The summed E-state index contributed by atoms with van der Waals surface area (Å²) in [7, 11) is 3.51. The second-order valence-electron chi connectivity index (χ2n) is 4.52. The van der Waals surface area contributed by atoms with Crippen LogP contribution in [-0.4, -0.2) is 38.0 Å². The summed E-state index contributed by atoms with van der Waals surface area (Å²) in [4.78, 5) is 15.4. The summed E-state index contributed by atoms with van der Waals surface area (Å²) < 4.78 is 0. The molecule has 1 aromatic rings. The minimum absolute atomic E-state index is 0.0684. The van der Waals surface area contributed by atoms with Gasteiger partial charge in [-0.25, -0.2) is 0 Å². The molecule has 0 atom stereocenters. The van der Waals surface area contributed by atoms with Gasteiger partial charge in [-0.1, -0.05) is 6.92 Å². The van der Waals surface area contributed by atoms with E-state index in [0.29, 0.717) is 17.9 Å². The summed E-state index contributed by atoms with van der Waals surface area (Å²) in [6.07, 6.45) is 0.963. The predicted octanol–water partition coefficient (Wildman–Crippen LogP) is 1.16. The number of hydrogen-bond donors (Lipinski definition) is 2. The zero-order valence-electron chi connectivity index (χ0n) is 11.3. The van der Waals surface area contributed by atoms with Crippen LogP contribution in [0.5, 0.6) is 0 Å². The van der Waals surface area contributed by atoms with E-state index >= 15 is 0 Å². The molecule has 1 aromatic carbocycles. The normalized spacial score (nSPS) is 10.2. The third-order valence-corrected chi connectivity index (χ3v) is 2.75. The molecular weight excluding hydrogens is 228 g/mol. The first kappa shape index (κ1) is 14.2. The van der Waals surface area contributed by atoms with Crippen molar-refractivity contribution in [1.82, 2.24) is 4.90 Å². The molecule has 0 saturated heterocycles. The van der Waals surface area contributed by atoms with Crippen molar-refractivity contribution < 1.29 is 4.79 Å². The molecule has 0 fully saturated rings. The van der Waals surface area contributed by atoms with Crippen molar-refractivity contribution >= 4 is 23.0 Å². The number of amides is 1. The van der Waals surface area contributed by atoms with E-state index in [4.69, 9.17) is 11.5 Å². The summed E-state index contributed by atoms with van der Waals surface area (Å²) in [5, 5.41) is 0. The fraction of sp³-hybridized carbons (Fsp3) is 0.462. The van der Waals surface area contributed by atoms with Crippen molar-refractivity contribution in [3.63, 3.8) is 0 Å². The van der Waals surface area contributed by atoms with E-state index in [-0.39, 0.29) is 5.91 Å². The van der Waals surface area contributed by atoms with E-state index in [2.05, 4.69) is 6.92 Å². The fourth-order valence-corrected chi connectivity index (χ4v) is 1.63. The summed E-state index contributed by atoms with van der Waals surface area (Å²) in [5.74, 6) is 0.0684. The number of anilines is 3. The van der Waals surface area contributed by atoms with Gasteiger partial charge in [-0.15, -0.1) is 0 Å². The SMILES string of the molecule is CCCN(CC(=O)N(C)C)c1ccc(N)c(N)c1. The topological polar surface area (TPSA) is 75.6 Å². The minimum Gasteiger partial charge on any atom is -0.397 e. The summed E-state index contributed by atoms with van der Waals surface area (Å²) in [5.41, 5.74) is 13.5. The maximum absolute atomic E-state index is 11.8. The average Bonchev–Trinajstić information content (AvgIpc) is 2.32. The van der Waals surface area contributed by atoms with Crippen LogP contribution in [-0.2, 0) is 4.79 Å². The summed E-state index contributed by atoms with van der Waals surface area (Å²) in [6.45, 7) is 3.24. The number of carbonyl (C=O) groups excluding carboxylic acids is 1. The highest BCUT2D eigenvalue weighted by molar-refractivity contribution is 5.82. The van der Waals surface area contributed by atoms with Crippen molar-refractivity contribution in [3.8, 4) is 0 Å². The van der Waals surface area contributed by atoms with Crippen LogP contribution in [0.3, 0.4) is 0 Å². The van der Waals surface area contributed by atoms with Gasteiger partial charge >= 0.3 is 0 Å². The molecule has 5 nitrogen and oxygen atoms in total. The van der Waals surface area contributed by atoms with Gasteiger partial charge in [0.2, 0.25) is 5.91 Å². The van der Waals surface area contributed by atoms with Crippen molar-refractivity contribution in [1.29, 1.82) is 0 Å². The minimum atomic E-state index is 0.0684. The number of nitrogens with two attached hydrogens (primary N) is 2. The molecule has 18 heavy (non-hydrogen) atoms. The third kappa shape index (κ3) is 3.55. The Bertz CT molecular complexity index is 417. The van der Waals surface area contributed by atoms with Crippen LogP contribution in [0.4, 0.5) is 17.1 Å². The molecule has 5 heteroatoms. The van der Waals surface area contributed by atoms with Gasteiger partial charge in [0.15, 0.2) is 0 Å². The van der Waals surface area contributed by atoms with E-state index in [0.717, 1.165) is 18.7 Å². The number of nitrogens with zero attached hydrogens (tertiary/aromatic N) is 2. The molecule has 0 bridgehead atoms. The molecule has 4 N–H and O–H groups in total. The Kier molecular flexibility index (Phi) is 4.83. The summed E-state index contributed by atoms with van der Waals surface area (Å²) in [6, 6.07) is 5.48. The van der Waals surface area contributed by atoms with E-state index in [1.165, 1.54) is 0 Å². The molecule has 0 saturated carbocycles. The lowest BCUT2D eigenvalue weighted by Crippen LogP contribution is -2.37. The number of nitrogen functional groups attached to an aromatic ring is 2. The van der Waals surface area contributed by atoms with Crippen LogP contribution in [0, 0.1) is 0 Å². The Balaban J connectivity index is 2.89. The molecule has 1 rings (SSSR count). The lowest BCUT2D eigenvalue weighted by atomic mass is 10.2. The summed E-state index contributed by atoms with van der Waals surface area (Å²) >= 11 is 0. The molecule has 0 aliphatic carbocycles. The van der Waals surface area contributed by atoms with Crippen LogP contribution < -0.4 is 16.4 Å². The molecule has 0 aliphatic heterocycles. The fourth-order valence-electron chi connectivity index (χ4n) is 1.63. The molecule has 0 heterocycles. The zero-order chi connectivity index (χ0) is 13.7. The van der Waals surface area contributed by atoms with Crippen molar-refractivity contribution in [2.45, 2.75) is 13.3 Å². The van der Waals surface area contributed by atoms with Crippen LogP contribution in [0.25, 0.3) is 0 Å². The molecule has 0 unspecified atom stereocenters. The molecule has 0 aliphatic rings. The largest absolute Gasteiger partial charge is 0.397 e. The zero-order valence-corrected chi connectivity index (χ0v) is 11.3. The van der Waals surface area contributed by atoms with Crippen molar-refractivity contribution in [3.05, 3.63) is 18.2 Å². The van der Waals surface area contributed by atoms with Gasteiger partial charge in [0.05, 0.1) is 17.9 Å². The Morgan fingerprint density at radius 3 is 2.39 bits per heavy atom. The second-order valence-corrected chi connectivity index (χ2v) is 4.52. The maximum atomic E-state index is 11.8. The van der Waals surface area contributed by atoms with Crippen molar-refractivity contribution in [2.24, 2.45) is 0 Å². The van der Waals surface area contributed by atoms with Gasteiger partial charge < -0.3 is 21.3 Å². The van der Waals surface area contributed by atoms with E-state index in [1.54, 1.807) is 25.1 Å². The van der Waals surface area contributed by atoms with Gasteiger partial charge in [-0.3, -0.25) is 4.79 Å². The van der Waals surface area contributed by atoms with E-state index in [1.807, 2.05) is 17.0 Å². The average molecular weight is 250 g/mol. The van der Waals surface area contributed by atoms with Gasteiger partial charge in [0.25, 0.3) is 0 Å². The Morgan fingerprint density at radius 1 is 1.22 bits per heavy atom. The molecule has 0 spiro atoms. The van der Waals surface area contributed by atoms with Gasteiger partial charge in [-0.2, -0.15) is 0 Å². The number of hydrogen-bond acceptors (Lipinski definition) is 4. The van der Waals surface area contributed by atoms with Crippen LogP contribution >= 0.6 is 0 Å². The van der Waals surface area contributed by atoms with Crippen LogP contribution in [0.15, 0.2) is 18.2 Å². The monoisotopic (exact) mass is 250 g/mol. The molecule has 1 amide bonds. The highest BCUT2D eigenvalue weighted by atomic mass is 16.2. The first-order chi connectivity index (χ1) is 8.45. The Hall–Kier alpha value is -1.91. The first-order valence-electron chi connectivity index (χ1n) is 6.05. The predicted molar refractivity (Wildman–Crippen MR) is 76.5 cm³/mol. The van der Waals surface area contributed by atoms with E-state index < -0.39 is 0 Å². The quantitative estimate of drug-likeness (QED) is 0.769. The van der Waals surface area contributed by atoms with E-state index in [9.17, 15) is 4.79 Å². The lowest BCUT2D eigenvalue weighted by Gasteiger charge is -2.25. The molecular formula is C13H22N4O. The second kappa shape index (κ2) is 6.14. The third-order valence-electron chi connectivity index (χ3n) is 2.75. The van der Waals surface area contributed by atoms with Gasteiger partial charge in [0.1, 0.15) is 0 Å². The number of carbonyl (C=O) groups is 1. The molecule has 0 radical (unpaired) electrons. The van der Waals surface area contributed by atoms with Crippen LogP contribution in [0.1, 0.15) is 13.3 Å². The Morgan fingerprint density at radius 2 is 1.89 bits per heavy atom. The van der Waals surface area contributed by atoms with Crippen LogP contribution in [0.2, 0.25) is 0 Å². The lowest BCUT2D eigenvalue weighted by molar-refractivity contribution is -0.127.